The van der Waals surface area contributed by atoms with Crippen LogP contribution in [0.15, 0.2) is 29.3 Å². The van der Waals surface area contributed by atoms with Crippen LogP contribution in [0.3, 0.4) is 0 Å². The normalized spacial score (nSPS) is 10.7. The second kappa shape index (κ2) is 5.51. The number of hydrogen-bond acceptors (Lipinski definition) is 3. The van der Waals surface area contributed by atoms with Crippen molar-refractivity contribution in [2.45, 2.75) is 13.1 Å². The van der Waals surface area contributed by atoms with E-state index in [0.29, 0.717) is 5.39 Å². The molecule has 8 heteroatoms. The number of carboxylic acid groups (broad SMARTS) is 1. The van der Waals surface area contributed by atoms with Gasteiger partial charge in [-0.15, -0.1) is 0 Å². The van der Waals surface area contributed by atoms with Gasteiger partial charge in [0.25, 0.3) is 5.56 Å². The average Bonchev–Trinajstić information content (AvgIpc) is 2.30. The maximum Gasteiger partial charge on any atom is 0.490 e. The van der Waals surface area contributed by atoms with Crippen LogP contribution in [-0.2, 0) is 4.79 Å². The highest BCUT2D eigenvalue weighted by atomic mass is 19.4. The molecule has 0 aliphatic heterocycles. The van der Waals surface area contributed by atoms with Crippen molar-refractivity contribution in [1.82, 2.24) is 9.97 Å². The zero-order valence-corrected chi connectivity index (χ0v) is 9.65. The topological polar surface area (TPSA) is 83.0 Å². The van der Waals surface area contributed by atoms with Crippen LogP contribution in [0.2, 0.25) is 0 Å². The quantitative estimate of drug-likeness (QED) is 0.768. The summed E-state index contributed by atoms with van der Waals surface area (Å²) in [6.45, 7) is 1.94. The van der Waals surface area contributed by atoms with Crippen LogP contribution in [-0.4, -0.2) is 27.2 Å². The molecular weight excluding hydrogens is 265 g/mol. The van der Waals surface area contributed by atoms with E-state index in [1.54, 1.807) is 6.07 Å². The number of aromatic nitrogens is 2. The lowest BCUT2D eigenvalue weighted by atomic mass is 10.1. The molecule has 0 unspecified atom stereocenters. The minimum atomic E-state index is -5.08. The summed E-state index contributed by atoms with van der Waals surface area (Å²) in [5.74, 6) is -2.76. The van der Waals surface area contributed by atoms with Crippen molar-refractivity contribution in [3.63, 3.8) is 0 Å². The van der Waals surface area contributed by atoms with E-state index in [0.717, 1.165) is 11.1 Å². The molecule has 2 rings (SSSR count). The summed E-state index contributed by atoms with van der Waals surface area (Å²) in [6.07, 6.45) is -3.66. The van der Waals surface area contributed by atoms with E-state index >= 15 is 0 Å². The van der Waals surface area contributed by atoms with Gasteiger partial charge in [-0.3, -0.25) is 4.79 Å². The Labute approximate surface area is 104 Å². The van der Waals surface area contributed by atoms with Crippen LogP contribution in [0, 0.1) is 6.92 Å². The summed E-state index contributed by atoms with van der Waals surface area (Å²) in [7, 11) is 0. The number of H-pyrrole nitrogens is 1. The number of fused-ring (bicyclic) bond motifs is 1. The number of halogens is 3. The van der Waals surface area contributed by atoms with Crippen molar-refractivity contribution < 1.29 is 23.1 Å². The molecule has 0 fully saturated rings. The molecule has 0 saturated carbocycles. The second-order valence-electron chi connectivity index (χ2n) is 3.51. The number of carbonyl (C=O) groups is 1. The van der Waals surface area contributed by atoms with Crippen LogP contribution in [0.4, 0.5) is 13.2 Å². The lowest BCUT2D eigenvalue weighted by molar-refractivity contribution is -0.192. The van der Waals surface area contributed by atoms with E-state index in [-0.39, 0.29) is 5.56 Å². The van der Waals surface area contributed by atoms with E-state index in [1.165, 1.54) is 6.33 Å². The maximum atomic E-state index is 11.2. The Morgan fingerprint density at radius 3 is 2.42 bits per heavy atom. The number of nitrogens with one attached hydrogen (secondary N) is 1. The molecule has 1 aromatic carbocycles. The lowest BCUT2D eigenvalue weighted by Crippen LogP contribution is -2.21. The van der Waals surface area contributed by atoms with Gasteiger partial charge < -0.3 is 10.1 Å². The number of aryl methyl sites for hydroxylation is 1. The molecule has 0 bridgehead atoms. The fourth-order valence-electron chi connectivity index (χ4n) is 1.25. The molecule has 0 radical (unpaired) electrons. The van der Waals surface area contributed by atoms with Crippen LogP contribution in [0.5, 0.6) is 0 Å². The first kappa shape index (κ1) is 14.7. The second-order valence-corrected chi connectivity index (χ2v) is 3.51. The minimum absolute atomic E-state index is 0.0799. The van der Waals surface area contributed by atoms with Gasteiger partial charge >= 0.3 is 12.1 Å². The van der Waals surface area contributed by atoms with Gasteiger partial charge in [0.05, 0.1) is 17.2 Å². The molecule has 0 amide bonds. The van der Waals surface area contributed by atoms with Crippen molar-refractivity contribution in [2.75, 3.05) is 0 Å². The van der Waals surface area contributed by atoms with Crippen molar-refractivity contribution >= 4 is 16.9 Å². The molecule has 102 valence electrons. The zero-order chi connectivity index (χ0) is 14.6. The summed E-state index contributed by atoms with van der Waals surface area (Å²) in [6, 6.07) is 5.57. The Morgan fingerprint density at radius 1 is 1.37 bits per heavy atom. The van der Waals surface area contributed by atoms with Gasteiger partial charge in [0, 0.05) is 0 Å². The van der Waals surface area contributed by atoms with Gasteiger partial charge in [0.1, 0.15) is 0 Å². The molecule has 1 aromatic heterocycles. The van der Waals surface area contributed by atoms with Gasteiger partial charge in [-0.1, -0.05) is 12.1 Å². The van der Waals surface area contributed by atoms with Crippen LogP contribution < -0.4 is 5.56 Å². The molecule has 0 atom stereocenters. The molecule has 0 saturated heterocycles. The summed E-state index contributed by atoms with van der Waals surface area (Å²) < 4.78 is 31.7. The summed E-state index contributed by atoms with van der Waals surface area (Å²) in [4.78, 5) is 26.8. The lowest BCUT2D eigenvalue weighted by Gasteiger charge is -1.97. The Morgan fingerprint density at radius 2 is 1.95 bits per heavy atom. The van der Waals surface area contributed by atoms with E-state index in [4.69, 9.17) is 9.90 Å². The first-order valence-electron chi connectivity index (χ1n) is 4.96. The van der Waals surface area contributed by atoms with Crippen LogP contribution in [0.25, 0.3) is 10.9 Å². The fraction of sp³-hybridized carbons (Fsp3) is 0.182. The number of aliphatic carboxylic acids is 1. The van der Waals surface area contributed by atoms with Gasteiger partial charge in [-0.25, -0.2) is 9.78 Å². The highest BCUT2D eigenvalue weighted by Gasteiger charge is 2.38. The number of carboxylic acids is 1. The zero-order valence-electron chi connectivity index (χ0n) is 9.65. The molecule has 1 heterocycles. The van der Waals surface area contributed by atoms with E-state index in [1.807, 2.05) is 19.1 Å². The molecule has 0 aliphatic carbocycles. The Bertz CT molecular complexity index is 649. The Hall–Kier alpha value is -2.38. The fourth-order valence-corrected chi connectivity index (χ4v) is 1.25. The summed E-state index contributed by atoms with van der Waals surface area (Å²) in [5, 5.41) is 7.78. The van der Waals surface area contributed by atoms with E-state index in [9.17, 15) is 18.0 Å². The van der Waals surface area contributed by atoms with Gasteiger partial charge in [-0.05, 0) is 18.6 Å². The predicted molar refractivity (Wildman–Crippen MR) is 60.8 cm³/mol. The van der Waals surface area contributed by atoms with Crippen molar-refractivity contribution in [3.05, 3.63) is 40.4 Å². The molecule has 0 spiro atoms. The monoisotopic (exact) mass is 274 g/mol. The SMILES string of the molecule is Cc1cccc2c(=O)[nH]cnc12.O=C(O)C(F)(F)F. The standard InChI is InChI=1S/C9H8N2O.C2HF3O2/c1-6-3-2-4-7-8(6)10-5-11-9(7)12;3-2(4,5)1(6)7/h2-5H,1H3,(H,10,11,12);(H,6,7). The van der Waals surface area contributed by atoms with Gasteiger partial charge in [0.15, 0.2) is 0 Å². The van der Waals surface area contributed by atoms with Crippen molar-refractivity contribution in [3.8, 4) is 0 Å². The van der Waals surface area contributed by atoms with Crippen molar-refractivity contribution in [1.29, 1.82) is 0 Å². The predicted octanol–water partition coefficient (Wildman–Crippen LogP) is 1.86. The number of benzene rings is 1. The molecule has 0 aliphatic rings. The highest BCUT2D eigenvalue weighted by Crippen LogP contribution is 2.13. The van der Waals surface area contributed by atoms with Crippen molar-refractivity contribution in [2.24, 2.45) is 0 Å². The number of hydrogen-bond donors (Lipinski definition) is 2. The smallest absolute Gasteiger partial charge is 0.475 e. The summed E-state index contributed by atoms with van der Waals surface area (Å²) >= 11 is 0. The Balaban J connectivity index is 0.000000224. The van der Waals surface area contributed by atoms with E-state index < -0.39 is 12.1 Å². The number of nitrogens with zero attached hydrogens (tertiary/aromatic N) is 1. The Kier molecular flexibility index (Phi) is 4.26. The van der Waals surface area contributed by atoms with E-state index in [2.05, 4.69) is 9.97 Å². The molecule has 2 aromatic rings. The molecule has 5 nitrogen and oxygen atoms in total. The third-order valence-corrected chi connectivity index (χ3v) is 2.11. The molecule has 2 N–H and O–H groups in total. The van der Waals surface area contributed by atoms with Crippen LogP contribution in [0.1, 0.15) is 5.56 Å². The largest absolute Gasteiger partial charge is 0.490 e. The van der Waals surface area contributed by atoms with Gasteiger partial charge in [-0.2, -0.15) is 13.2 Å². The average molecular weight is 274 g/mol. The third kappa shape index (κ3) is 3.80. The maximum absolute atomic E-state index is 11.2. The minimum Gasteiger partial charge on any atom is -0.475 e. The number of para-hydroxylation sites is 1. The molecular formula is C11H9F3N2O3. The number of rotatable bonds is 0. The number of aromatic amines is 1. The third-order valence-electron chi connectivity index (χ3n) is 2.11. The first-order valence-corrected chi connectivity index (χ1v) is 4.96. The highest BCUT2D eigenvalue weighted by molar-refractivity contribution is 5.80. The van der Waals surface area contributed by atoms with Gasteiger partial charge in [0.2, 0.25) is 0 Å². The molecule has 19 heavy (non-hydrogen) atoms. The number of alkyl halides is 3. The summed E-state index contributed by atoms with van der Waals surface area (Å²) in [5.41, 5.74) is 1.73. The van der Waals surface area contributed by atoms with Crippen LogP contribution >= 0.6 is 0 Å². The first-order chi connectivity index (χ1) is 8.73.